The Labute approximate surface area is 122 Å². The van der Waals surface area contributed by atoms with E-state index in [0.717, 1.165) is 19.7 Å². The van der Waals surface area contributed by atoms with Gasteiger partial charge < -0.3 is 9.26 Å². The van der Waals surface area contributed by atoms with Crippen molar-refractivity contribution < 1.29 is 9.26 Å². The van der Waals surface area contributed by atoms with Gasteiger partial charge in [-0.3, -0.25) is 9.88 Å². The smallest absolute Gasteiger partial charge is 0.278 e. The highest BCUT2D eigenvalue weighted by Crippen LogP contribution is 2.28. The molecule has 2 saturated heterocycles. The lowest BCUT2D eigenvalue weighted by atomic mass is 10.0. The SMILES string of the molecule is c1cnc(-c2nc([C@H]3CN4CCCCC4CO3)no2)cn1. The van der Waals surface area contributed by atoms with Crippen molar-refractivity contribution in [2.24, 2.45) is 0 Å². The van der Waals surface area contributed by atoms with Crippen molar-refractivity contribution in [3.8, 4) is 11.6 Å². The van der Waals surface area contributed by atoms with E-state index in [9.17, 15) is 0 Å². The van der Waals surface area contributed by atoms with Crippen molar-refractivity contribution >= 4 is 0 Å². The van der Waals surface area contributed by atoms with Gasteiger partial charge in [-0.05, 0) is 19.4 Å². The van der Waals surface area contributed by atoms with Gasteiger partial charge in [-0.25, -0.2) is 4.98 Å². The summed E-state index contributed by atoms with van der Waals surface area (Å²) >= 11 is 0. The van der Waals surface area contributed by atoms with Crippen molar-refractivity contribution in [3.05, 3.63) is 24.4 Å². The van der Waals surface area contributed by atoms with Crippen LogP contribution >= 0.6 is 0 Å². The van der Waals surface area contributed by atoms with E-state index in [2.05, 4.69) is 25.0 Å². The second kappa shape index (κ2) is 5.50. The van der Waals surface area contributed by atoms with Gasteiger partial charge in [0.15, 0.2) is 0 Å². The Hall–Kier alpha value is -1.86. The summed E-state index contributed by atoms with van der Waals surface area (Å²) in [5.74, 6) is 0.988. The summed E-state index contributed by atoms with van der Waals surface area (Å²) < 4.78 is 11.2. The zero-order valence-electron chi connectivity index (χ0n) is 11.7. The minimum atomic E-state index is -0.117. The molecule has 0 amide bonds. The number of morpholine rings is 1. The standard InChI is InChI=1S/C14H17N5O2/c1-2-6-19-8-12(20-9-10(19)3-1)13-17-14(21-18-13)11-7-15-4-5-16-11/h4-5,7,10,12H,1-3,6,8-9H2/t10?,12-/m1/s1. The fourth-order valence-electron chi connectivity index (χ4n) is 3.02. The average Bonchev–Trinajstić information content (AvgIpc) is 3.05. The molecule has 0 spiro atoms. The summed E-state index contributed by atoms with van der Waals surface area (Å²) in [7, 11) is 0. The van der Waals surface area contributed by atoms with E-state index in [1.807, 2.05) is 0 Å². The zero-order chi connectivity index (χ0) is 14.1. The maximum Gasteiger partial charge on any atom is 0.278 e. The Morgan fingerprint density at radius 1 is 1.24 bits per heavy atom. The van der Waals surface area contributed by atoms with E-state index in [1.54, 1.807) is 18.6 Å². The van der Waals surface area contributed by atoms with Crippen molar-refractivity contribution in [2.75, 3.05) is 19.7 Å². The third kappa shape index (κ3) is 2.54. The van der Waals surface area contributed by atoms with E-state index in [0.29, 0.717) is 23.5 Å². The van der Waals surface area contributed by atoms with Gasteiger partial charge in [0.2, 0.25) is 5.82 Å². The Bertz CT molecular complexity index is 602. The van der Waals surface area contributed by atoms with E-state index in [1.165, 1.54) is 19.3 Å². The average molecular weight is 287 g/mol. The minimum Gasteiger partial charge on any atom is -0.367 e. The molecule has 4 heterocycles. The van der Waals surface area contributed by atoms with Crippen LogP contribution in [0.1, 0.15) is 31.2 Å². The normalized spacial score (nSPS) is 26.5. The van der Waals surface area contributed by atoms with Crippen LogP contribution in [-0.2, 0) is 4.74 Å². The molecule has 2 fully saturated rings. The first-order valence-corrected chi connectivity index (χ1v) is 7.36. The van der Waals surface area contributed by atoms with Crippen LogP contribution < -0.4 is 0 Å². The predicted octanol–water partition coefficient (Wildman–Crippen LogP) is 1.45. The number of fused-ring (bicyclic) bond motifs is 1. The van der Waals surface area contributed by atoms with Crippen molar-refractivity contribution in [3.63, 3.8) is 0 Å². The first-order chi connectivity index (χ1) is 10.4. The largest absolute Gasteiger partial charge is 0.367 e. The van der Waals surface area contributed by atoms with Gasteiger partial charge in [0.25, 0.3) is 5.89 Å². The molecular formula is C14H17N5O2. The second-order valence-electron chi connectivity index (χ2n) is 5.51. The van der Waals surface area contributed by atoms with Gasteiger partial charge in [-0.2, -0.15) is 4.98 Å². The first-order valence-electron chi connectivity index (χ1n) is 7.36. The van der Waals surface area contributed by atoms with Crippen LogP contribution in [0.2, 0.25) is 0 Å². The van der Waals surface area contributed by atoms with Crippen LogP contribution in [0.15, 0.2) is 23.1 Å². The van der Waals surface area contributed by atoms with Crippen molar-refractivity contribution in [1.29, 1.82) is 0 Å². The first kappa shape index (κ1) is 12.8. The maximum absolute atomic E-state index is 5.92. The van der Waals surface area contributed by atoms with Gasteiger partial charge in [0, 0.05) is 25.0 Å². The molecule has 1 unspecified atom stereocenters. The lowest BCUT2D eigenvalue weighted by Gasteiger charge is -2.41. The third-order valence-corrected chi connectivity index (χ3v) is 4.15. The number of hydrogen-bond acceptors (Lipinski definition) is 7. The Morgan fingerprint density at radius 2 is 2.24 bits per heavy atom. The lowest BCUT2D eigenvalue weighted by Crippen LogP contribution is -2.49. The molecule has 0 bridgehead atoms. The molecule has 2 aromatic heterocycles. The van der Waals surface area contributed by atoms with Crippen LogP contribution in [0.25, 0.3) is 11.6 Å². The third-order valence-electron chi connectivity index (χ3n) is 4.15. The van der Waals surface area contributed by atoms with E-state index in [-0.39, 0.29) is 6.10 Å². The second-order valence-corrected chi connectivity index (χ2v) is 5.51. The Morgan fingerprint density at radius 3 is 3.14 bits per heavy atom. The molecule has 2 aliphatic rings. The zero-order valence-corrected chi connectivity index (χ0v) is 11.7. The molecule has 2 aliphatic heterocycles. The molecule has 4 rings (SSSR count). The van der Waals surface area contributed by atoms with E-state index >= 15 is 0 Å². The Balaban J connectivity index is 1.51. The molecule has 2 atom stereocenters. The topological polar surface area (TPSA) is 77.2 Å². The molecule has 110 valence electrons. The summed E-state index contributed by atoms with van der Waals surface area (Å²) in [6.07, 6.45) is 8.50. The van der Waals surface area contributed by atoms with Crippen LogP contribution in [0.5, 0.6) is 0 Å². The molecular weight excluding hydrogens is 270 g/mol. The molecule has 0 aromatic carbocycles. The summed E-state index contributed by atoms with van der Waals surface area (Å²) in [5.41, 5.74) is 0.586. The summed E-state index contributed by atoms with van der Waals surface area (Å²) in [4.78, 5) is 15.1. The molecule has 0 radical (unpaired) electrons. The van der Waals surface area contributed by atoms with Crippen LogP contribution in [-0.4, -0.2) is 50.7 Å². The van der Waals surface area contributed by atoms with Gasteiger partial charge in [0.05, 0.1) is 12.8 Å². The molecule has 0 saturated carbocycles. The fraction of sp³-hybridized carbons (Fsp3) is 0.571. The summed E-state index contributed by atoms with van der Waals surface area (Å²) in [6.45, 7) is 2.73. The molecule has 21 heavy (non-hydrogen) atoms. The number of nitrogens with zero attached hydrogens (tertiary/aromatic N) is 5. The molecule has 0 aliphatic carbocycles. The van der Waals surface area contributed by atoms with Gasteiger partial charge in [0.1, 0.15) is 11.8 Å². The molecule has 2 aromatic rings. The summed E-state index contributed by atoms with van der Waals surface area (Å²) in [6, 6.07) is 0.557. The van der Waals surface area contributed by atoms with Gasteiger partial charge >= 0.3 is 0 Å². The fourth-order valence-corrected chi connectivity index (χ4v) is 3.02. The highest BCUT2D eigenvalue weighted by atomic mass is 16.5. The predicted molar refractivity (Wildman–Crippen MR) is 73.2 cm³/mol. The van der Waals surface area contributed by atoms with Gasteiger partial charge in [-0.15, -0.1) is 0 Å². The van der Waals surface area contributed by atoms with Crippen LogP contribution in [0.3, 0.4) is 0 Å². The quantitative estimate of drug-likeness (QED) is 0.827. The van der Waals surface area contributed by atoms with Crippen molar-refractivity contribution in [1.82, 2.24) is 25.0 Å². The molecule has 7 nitrogen and oxygen atoms in total. The molecule has 7 heteroatoms. The molecule has 0 N–H and O–H groups in total. The number of hydrogen-bond donors (Lipinski definition) is 0. The number of aromatic nitrogens is 4. The minimum absolute atomic E-state index is 0.117. The van der Waals surface area contributed by atoms with E-state index < -0.39 is 0 Å². The van der Waals surface area contributed by atoms with E-state index in [4.69, 9.17) is 9.26 Å². The van der Waals surface area contributed by atoms with Crippen molar-refractivity contribution in [2.45, 2.75) is 31.4 Å². The number of ether oxygens (including phenoxy) is 1. The lowest BCUT2D eigenvalue weighted by molar-refractivity contribution is -0.0805. The monoisotopic (exact) mass is 287 g/mol. The summed E-state index contributed by atoms with van der Waals surface area (Å²) in [5, 5.41) is 4.05. The number of rotatable bonds is 2. The van der Waals surface area contributed by atoms with Crippen LogP contribution in [0.4, 0.5) is 0 Å². The Kier molecular flexibility index (Phi) is 3.36. The highest BCUT2D eigenvalue weighted by molar-refractivity contribution is 5.43. The van der Waals surface area contributed by atoms with Gasteiger partial charge in [-0.1, -0.05) is 11.6 Å². The highest BCUT2D eigenvalue weighted by Gasteiger charge is 2.33. The van der Waals surface area contributed by atoms with Crippen LogP contribution in [0, 0.1) is 0 Å². The number of piperidine rings is 1. The maximum atomic E-state index is 5.92.